The van der Waals surface area contributed by atoms with Gasteiger partial charge in [-0.3, -0.25) is 9.69 Å². The van der Waals surface area contributed by atoms with Crippen molar-refractivity contribution in [3.8, 4) is 5.75 Å². The number of nitrogens with zero attached hydrogens (tertiary/aromatic N) is 1. The Labute approximate surface area is 148 Å². The fraction of sp³-hybridized carbons (Fsp3) is 0.316. The lowest BCUT2D eigenvalue weighted by molar-refractivity contribution is -0.147. The summed E-state index contributed by atoms with van der Waals surface area (Å²) < 4.78 is 44.4. The van der Waals surface area contributed by atoms with Crippen LogP contribution >= 0.6 is 0 Å². The van der Waals surface area contributed by atoms with E-state index in [1.807, 2.05) is 17.0 Å². The molecule has 0 atom stereocenters. The molecule has 2 aromatic rings. The molecule has 1 fully saturated rings. The molecule has 7 heteroatoms. The van der Waals surface area contributed by atoms with Crippen LogP contribution in [0.2, 0.25) is 0 Å². The van der Waals surface area contributed by atoms with Crippen LogP contribution in [0, 0.1) is 5.92 Å². The van der Waals surface area contributed by atoms with Crippen molar-refractivity contribution >= 4 is 5.97 Å². The second-order valence-electron chi connectivity index (χ2n) is 6.32. The maximum atomic E-state index is 13.0. The largest absolute Gasteiger partial charge is 0.489 e. The van der Waals surface area contributed by atoms with E-state index in [-0.39, 0.29) is 18.1 Å². The van der Waals surface area contributed by atoms with Crippen LogP contribution < -0.4 is 4.74 Å². The molecule has 0 saturated carbocycles. The molecule has 0 bridgehead atoms. The summed E-state index contributed by atoms with van der Waals surface area (Å²) in [6.07, 6.45) is -4.41. The Bertz CT molecular complexity index is 768. The molecule has 1 aliphatic heterocycles. The van der Waals surface area contributed by atoms with Crippen LogP contribution in [0.15, 0.2) is 48.5 Å². The normalized spacial score (nSPS) is 15.5. The minimum absolute atomic E-state index is 0.0874. The zero-order chi connectivity index (χ0) is 18.7. The third-order valence-electron chi connectivity index (χ3n) is 4.35. The first kappa shape index (κ1) is 18.3. The van der Waals surface area contributed by atoms with Crippen LogP contribution in [-0.2, 0) is 24.1 Å². The van der Waals surface area contributed by atoms with Crippen LogP contribution in [0.25, 0.3) is 0 Å². The summed E-state index contributed by atoms with van der Waals surface area (Å²) in [5.41, 5.74) is 0.392. The van der Waals surface area contributed by atoms with E-state index >= 15 is 0 Å². The number of carboxylic acid groups (broad SMARTS) is 1. The number of halogens is 3. The molecule has 26 heavy (non-hydrogen) atoms. The fourth-order valence-electron chi connectivity index (χ4n) is 2.89. The lowest BCUT2D eigenvalue weighted by atomic mass is 10.00. The van der Waals surface area contributed by atoms with Crippen molar-refractivity contribution in [1.29, 1.82) is 0 Å². The standard InChI is InChI=1S/C19H18F3NO3/c20-19(21,22)17-4-2-1-3-14(17)12-26-16-7-5-13(6-8-16)9-23-10-15(11-23)18(24)25/h1-8,15H,9-12H2,(H,24,25). The van der Waals surface area contributed by atoms with E-state index in [1.54, 1.807) is 18.2 Å². The second kappa shape index (κ2) is 7.37. The van der Waals surface area contributed by atoms with Gasteiger partial charge in [0.25, 0.3) is 0 Å². The third-order valence-corrected chi connectivity index (χ3v) is 4.35. The molecule has 1 N–H and O–H groups in total. The Hall–Kier alpha value is -2.54. The van der Waals surface area contributed by atoms with E-state index in [9.17, 15) is 18.0 Å². The van der Waals surface area contributed by atoms with Crippen LogP contribution in [0.1, 0.15) is 16.7 Å². The highest BCUT2D eigenvalue weighted by Gasteiger charge is 2.33. The topological polar surface area (TPSA) is 49.8 Å². The first-order chi connectivity index (χ1) is 12.3. The van der Waals surface area contributed by atoms with Gasteiger partial charge >= 0.3 is 12.1 Å². The van der Waals surface area contributed by atoms with Gasteiger partial charge in [0.05, 0.1) is 11.5 Å². The van der Waals surface area contributed by atoms with E-state index < -0.39 is 17.7 Å². The molecule has 0 aromatic heterocycles. The van der Waals surface area contributed by atoms with Gasteiger partial charge in [0, 0.05) is 25.2 Å². The van der Waals surface area contributed by atoms with Crippen LogP contribution in [0.4, 0.5) is 13.2 Å². The molecule has 1 saturated heterocycles. The molecule has 0 aliphatic carbocycles. The minimum atomic E-state index is -4.41. The monoisotopic (exact) mass is 365 g/mol. The van der Waals surface area contributed by atoms with Crippen LogP contribution in [-0.4, -0.2) is 29.1 Å². The van der Waals surface area contributed by atoms with Gasteiger partial charge in [0.1, 0.15) is 12.4 Å². The average molecular weight is 365 g/mol. The summed E-state index contributed by atoms with van der Waals surface area (Å²) in [5.74, 6) is -0.590. The smallest absolute Gasteiger partial charge is 0.416 e. The number of benzene rings is 2. The van der Waals surface area contributed by atoms with Gasteiger partial charge in [-0.25, -0.2) is 0 Å². The average Bonchev–Trinajstić information content (AvgIpc) is 2.56. The summed E-state index contributed by atoms with van der Waals surface area (Å²) in [5, 5.41) is 8.86. The number of alkyl halides is 3. The van der Waals surface area contributed by atoms with Gasteiger partial charge in [-0.05, 0) is 23.8 Å². The van der Waals surface area contributed by atoms with Crippen molar-refractivity contribution < 1.29 is 27.8 Å². The fourth-order valence-corrected chi connectivity index (χ4v) is 2.89. The maximum Gasteiger partial charge on any atom is 0.416 e. The van der Waals surface area contributed by atoms with Gasteiger partial charge < -0.3 is 9.84 Å². The van der Waals surface area contributed by atoms with Gasteiger partial charge in [-0.15, -0.1) is 0 Å². The van der Waals surface area contributed by atoms with Gasteiger partial charge in [0.15, 0.2) is 0 Å². The molecule has 3 rings (SSSR count). The zero-order valence-electron chi connectivity index (χ0n) is 13.9. The number of carboxylic acids is 1. The van der Waals surface area contributed by atoms with Gasteiger partial charge in [-0.1, -0.05) is 30.3 Å². The Morgan fingerprint density at radius 1 is 1.12 bits per heavy atom. The summed E-state index contributed by atoms with van der Waals surface area (Å²) in [6, 6.07) is 12.4. The summed E-state index contributed by atoms with van der Waals surface area (Å²) in [4.78, 5) is 12.8. The predicted molar refractivity (Wildman–Crippen MR) is 88.6 cm³/mol. The molecule has 0 amide bonds. The SMILES string of the molecule is O=C(O)C1CN(Cc2ccc(OCc3ccccc3C(F)(F)F)cc2)C1. The highest BCUT2D eigenvalue weighted by atomic mass is 19.4. The molecule has 0 spiro atoms. The van der Waals surface area contributed by atoms with E-state index in [4.69, 9.17) is 9.84 Å². The Morgan fingerprint density at radius 2 is 1.77 bits per heavy atom. The van der Waals surface area contributed by atoms with Crippen molar-refractivity contribution in [2.24, 2.45) is 5.92 Å². The molecular weight excluding hydrogens is 347 g/mol. The number of carbonyl (C=O) groups is 1. The Balaban J connectivity index is 1.55. The molecule has 1 aliphatic rings. The summed E-state index contributed by atoms with van der Waals surface area (Å²) >= 11 is 0. The minimum Gasteiger partial charge on any atom is -0.489 e. The van der Waals surface area contributed by atoms with E-state index in [1.165, 1.54) is 12.1 Å². The number of rotatable bonds is 6. The quantitative estimate of drug-likeness (QED) is 0.846. The van der Waals surface area contributed by atoms with E-state index in [0.717, 1.165) is 11.6 Å². The van der Waals surface area contributed by atoms with Crippen LogP contribution in [0.5, 0.6) is 5.75 Å². The third kappa shape index (κ3) is 4.35. The van der Waals surface area contributed by atoms with Crippen molar-refractivity contribution in [3.63, 3.8) is 0 Å². The summed E-state index contributed by atoms with van der Waals surface area (Å²) in [7, 11) is 0. The Morgan fingerprint density at radius 3 is 2.38 bits per heavy atom. The predicted octanol–water partition coefficient (Wildman–Crippen LogP) is 3.80. The number of hydrogen-bond donors (Lipinski definition) is 1. The maximum absolute atomic E-state index is 13.0. The van der Waals surface area contributed by atoms with Crippen molar-refractivity contribution in [2.45, 2.75) is 19.3 Å². The number of ether oxygens (including phenoxy) is 1. The molecule has 4 nitrogen and oxygen atoms in total. The van der Waals surface area contributed by atoms with Crippen LogP contribution in [0.3, 0.4) is 0 Å². The molecule has 138 valence electrons. The van der Waals surface area contributed by atoms with Gasteiger partial charge in [0.2, 0.25) is 0 Å². The number of aliphatic carboxylic acids is 1. The van der Waals surface area contributed by atoms with E-state index in [2.05, 4.69) is 0 Å². The zero-order valence-corrected chi connectivity index (χ0v) is 13.9. The van der Waals surface area contributed by atoms with Crippen molar-refractivity contribution in [1.82, 2.24) is 4.90 Å². The lowest BCUT2D eigenvalue weighted by Gasteiger charge is -2.36. The second-order valence-corrected chi connectivity index (χ2v) is 6.32. The molecule has 2 aromatic carbocycles. The van der Waals surface area contributed by atoms with E-state index in [0.29, 0.717) is 25.4 Å². The Kier molecular flexibility index (Phi) is 5.18. The first-order valence-electron chi connectivity index (χ1n) is 8.15. The number of hydrogen-bond acceptors (Lipinski definition) is 3. The molecule has 0 radical (unpaired) electrons. The molecule has 0 unspecified atom stereocenters. The van der Waals surface area contributed by atoms with Crippen molar-refractivity contribution in [2.75, 3.05) is 13.1 Å². The molecular formula is C19H18F3NO3. The summed E-state index contributed by atoms with van der Waals surface area (Å²) in [6.45, 7) is 1.53. The first-order valence-corrected chi connectivity index (χ1v) is 8.15. The van der Waals surface area contributed by atoms with Crippen molar-refractivity contribution in [3.05, 3.63) is 65.2 Å². The molecule has 1 heterocycles. The highest BCUT2D eigenvalue weighted by Crippen LogP contribution is 2.32. The number of likely N-dealkylation sites (tertiary alicyclic amines) is 1. The highest BCUT2D eigenvalue weighted by molar-refractivity contribution is 5.71. The lowest BCUT2D eigenvalue weighted by Crippen LogP contribution is -2.49. The van der Waals surface area contributed by atoms with Gasteiger partial charge in [-0.2, -0.15) is 13.2 Å².